The molecule has 0 aliphatic rings. The molecule has 1 N–H and O–H groups in total. The minimum absolute atomic E-state index is 0.773. The Labute approximate surface area is 106 Å². The molecule has 2 aromatic rings. The molecule has 0 atom stereocenters. The summed E-state index contributed by atoms with van der Waals surface area (Å²) < 4.78 is 0. The molecule has 2 rings (SSSR count). The van der Waals surface area contributed by atoms with E-state index in [4.69, 9.17) is 5.21 Å². The van der Waals surface area contributed by atoms with Crippen LogP contribution in [0.5, 0.6) is 0 Å². The van der Waals surface area contributed by atoms with Crippen LogP contribution in [0.4, 0.5) is 5.82 Å². The van der Waals surface area contributed by atoms with Gasteiger partial charge in [0.25, 0.3) is 0 Å². The van der Waals surface area contributed by atoms with Gasteiger partial charge in [-0.15, -0.1) is 0 Å². The SMILES string of the molecule is CN(Cc1ccccc1)c1ccc(/C=N/O)cn1. The number of pyridine rings is 1. The number of oxime groups is 1. The third kappa shape index (κ3) is 3.07. The predicted molar refractivity (Wildman–Crippen MR) is 72.2 cm³/mol. The summed E-state index contributed by atoms with van der Waals surface area (Å²) in [5.41, 5.74) is 2.01. The van der Waals surface area contributed by atoms with Gasteiger partial charge in [0.05, 0.1) is 6.21 Å². The molecule has 0 amide bonds. The molecule has 0 aliphatic carbocycles. The highest BCUT2D eigenvalue weighted by Crippen LogP contribution is 2.12. The van der Waals surface area contributed by atoms with Crippen LogP contribution in [0.25, 0.3) is 0 Å². The highest BCUT2D eigenvalue weighted by molar-refractivity contribution is 5.78. The van der Waals surface area contributed by atoms with E-state index in [1.54, 1.807) is 6.20 Å². The van der Waals surface area contributed by atoms with Crippen LogP contribution in [0, 0.1) is 0 Å². The summed E-state index contributed by atoms with van der Waals surface area (Å²) in [5.74, 6) is 0.883. The first-order chi connectivity index (χ1) is 8.79. The van der Waals surface area contributed by atoms with E-state index in [-0.39, 0.29) is 0 Å². The minimum atomic E-state index is 0.773. The van der Waals surface area contributed by atoms with E-state index in [9.17, 15) is 0 Å². The van der Waals surface area contributed by atoms with Gasteiger partial charge in [-0.2, -0.15) is 0 Å². The Hall–Kier alpha value is -2.36. The maximum absolute atomic E-state index is 8.42. The van der Waals surface area contributed by atoms with Gasteiger partial charge in [-0.1, -0.05) is 35.5 Å². The summed E-state index contributed by atoms with van der Waals surface area (Å²) in [6.07, 6.45) is 3.03. The maximum atomic E-state index is 8.42. The van der Waals surface area contributed by atoms with Gasteiger partial charge in [0.1, 0.15) is 5.82 Å². The van der Waals surface area contributed by atoms with Crippen LogP contribution < -0.4 is 4.90 Å². The van der Waals surface area contributed by atoms with Crippen LogP contribution in [0.3, 0.4) is 0 Å². The van der Waals surface area contributed by atoms with E-state index in [1.807, 2.05) is 37.4 Å². The summed E-state index contributed by atoms with van der Waals surface area (Å²) in [6, 6.07) is 14.0. The Balaban J connectivity index is 2.07. The Morgan fingerprint density at radius 1 is 1.22 bits per heavy atom. The lowest BCUT2D eigenvalue weighted by molar-refractivity contribution is 0.322. The van der Waals surface area contributed by atoms with Crippen molar-refractivity contribution in [2.75, 3.05) is 11.9 Å². The first kappa shape index (κ1) is 12.1. The average molecular weight is 241 g/mol. The third-order valence-electron chi connectivity index (χ3n) is 2.63. The van der Waals surface area contributed by atoms with Gasteiger partial charge in [0.15, 0.2) is 0 Å². The lowest BCUT2D eigenvalue weighted by Gasteiger charge is -2.18. The number of aromatic nitrogens is 1. The maximum Gasteiger partial charge on any atom is 0.128 e. The first-order valence-electron chi connectivity index (χ1n) is 5.68. The van der Waals surface area contributed by atoms with Crippen LogP contribution in [0.2, 0.25) is 0 Å². The molecule has 0 aliphatic heterocycles. The largest absolute Gasteiger partial charge is 0.411 e. The molecule has 92 valence electrons. The zero-order valence-electron chi connectivity index (χ0n) is 10.2. The molecular weight excluding hydrogens is 226 g/mol. The van der Waals surface area contributed by atoms with Crippen molar-refractivity contribution in [1.29, 1.82) is 0 Å². The van der Waals surface area contributed by atoms with E-state index >= 15 is 0 Å². The van der Waals surface area contributed by atoms with Crippen LogP contribution in [0.15, 0.2) is 53.8 Å². The second-order valence-electron chi connectivity index (χ2n) is 4.04. The quantitative estimate of drug-likeness (QED) is 0.508. The van der Waals surface area contributed by atoms with Crippen LogP contribution in [0.1, 0.15) is 11.1 Å². The Morgan fingerprint density at radius 2 is 2.00 bits per heavy atom. The summed E-state index contributed by atoms with van der Waals surface area (Å²) in [6.45, 7) is 0.807. The molecule has 1 aromatic heterocycles. The first-order valence-corrected chi connectivity index (χ1v) is 5.68. The van der Waals surface area contributed by atoms with Gasteiger partial charge in [-0.25, -0.2) is 4.98 Å². The molecule has 0 bridgehead atoms. The summed E-state index contributed by atoms with van der Waals surface area (Å²) in [7, 11) is 2.00. The number of anilines is 1. The number of hydrogen-bond acceptors (Lipinski definition) is 4. The van der Waals surface area contributed by atoms with Crippen LogP contribution in [-0.2, 0) is 6.54 Å². The molecule has 0 unspecified atom stereocenters. The lowest BCUT2D eigenvalue weighted by Crippen LogP contribution is -2.17. The van der Waals surface area contributed by atoms with E-state index in [0.29, 0.717) is 0 Å². The molecule has 0 saturated carbocycles. The van der Waals surface area contributed by atoms with E-state index < -0.39 is 0 Å². The number of rotatable bonds is 4. The fourth-order valence-electron chi connectivity index (χ4n) is 1.70. The highest BCUT2D eigenvalue weighted by atomic mass is 16.4. The molecule has 4 nitrogen and oxygen atoms in total. The van der Waals surface area contributed by atoms with Crippen LogP contribution in [-0.4, -0.2) is 23.5 Å². The van der Waals surface area contributed by atoms with Gasteiger partial charge < -0.3 is 10.1 Å². The normalized spacial score (nSPS) is 10.7. The Kier molecular flexibility index (Phi) is 3.91. The summed E-state index contributed by atoms with van der Waals surface area (Å²) >= 11 is 0. The fraction of sp³-hybridized carbons (Fsp3) is 0.143. The topological polar surface area (TPSA) is 48.7 Å². The molecule has 0 radical (unpaired) electrons. The van der Waals surface area contributed by atoms with E-state index in [0.717, 1.165) is 17.9 Å². The van der Waals surface area contributed by atoms with Crippen molar-refractivity contribution in [2.45, 2.75) is 6.54 Å². The Morgan fingerprint density at radius 3 is 2.61 bits per heavy atom. The standard InChI is InChI=1S/C14H15N3O/c1-17(11-12-5-3-2-4-6-12)14-8-7-13(9-15-14)10-16-18/h2-10,18H,11H2,1H3/b16-10+. The average Bonchev–Trinajstić information content (AvgIpc) is 2.41. The van der Waals surface area contributed by atoms with Gasteiger partial charge in [0.2, 0.25) is 0 Å². The number of hydrogen-bond donors (Lipinski definition) is 1. The number of nitrogens with zero attached hydrogens (tertiary/aromatic N) is 3. The molecule has 0 fully saturated rings. The van der Waals surface area contributed by atoms with E-state index in [2.05, 4.69) is 27.2 Å². The zero-order valence-corrected chi connectivity index (χ0v) is 10.2. The van der Waals surface area contributed by atoms with Crippen molar-refractivity contribution in [3.63, 3.8) is 0 Å². The van der Waals surface area contributed by atoms with Crippen molar-refractivity contribution < 1.29 is 5.21 Å². The predicted octanol–water partition coefficient (Wildman–Crippen LogP) is 2.53. The van der Waals surface area contributed by atoms with Gasteiger partial charge in [0, 0.05) is 25.4 Å². The molecule has 1 heterocycles. The van der Waals surface area contributed by atoms with Crippen molar-refractivity contribution in [1.82, 2.24) is 4.98 Å². The van der Waals surface area contributed by atoms with Gasteiger partial charge in [-0.05, 0) is 17.7 Å². The smallest absolute Gasteiger partial charge is 0.128 e. The van der Waals surface area contributed by atoms with Crippen molar-refractivity contribution in [3.8, 4) is 0 Å². The number of benzene rings is 1. The second kappa shape index (κ2) is 5.82. The van der Waals surface area contributed by atoms with Crippen molar-refractivity contribution in [3.05, 3.63) is 59.8 Å². The van der Waals surface area contributed by atoms with Crippen molar-refractivity contribution >= 4 is 12.0 Å². The lowest BCUT2D eigenvalue weighted by atomic mass is 10.2. The Bertz CT molecular complexity index is 508. The van der Waals surface area contributed by atoms with Gasteiger partial charge >= 0.3 is 0 Å². The molecular formula is C14H15N3O. The molecule has 1 aromatic carbocycles. The minimum Gasteiger partial charge on any atom is -0.411 e. The van der Waals surface area contributed by atoms with E-state index in [1.165, 1.54) is 11.8 Å². The molecule has 18 heavy (non-hydrogen) atoms. The molecule has 0 saturated heterocycles. The summed E-state index contributed by atoms with van der Waals surface area (Å²) in [5, 5.41) is 11.4. The fourth-order valence-corrected chi connectivity index (χ4v) is 1.70. The highest BCUT2D eigenvalue weighted by Gasteiger charge is 2.02. The van der Waals surface area contributed by atoms with Gasteiger partial charge in [-0.3, -0.25) is 0 Å². The zero-order chi connectivity index (χ0) is 12.8. The van der Waals surface area contributed by atoms with Crippen molar-refractivity contribution in [2.24, 2.45) is 5.16 Å². The monoisotopic (exact) mass is 241 g/mol. The molecule has 0 spiro atoms. The van der Waals surface area contributed by atoms with Crippen LogP contribution >= 0.6 is 0 Å². The third-order valence-corrected chi connectivity index (χ3v) is 2.63. The molecule has 4 heteroatoms. The second-order valence-corrected chi connectivity index (χ2v) is 4.04. The summed E-state index contributed by atoms with van der Waals surface area (Å²) in [4.78, 5) is 6.38.